The normalized spacial score (nSPS) is 12.2. The second kappa shape index (κ2) is 8.61. The van der Waals surface area contributed by atoms with Gasteiger partial charge >= 0.3 is 0 Å². The molecule has 0 radical (unpaired) electrons. The quantitative estimate of drug-likeness (QED) is 0.441. The lowest BCUT2D eigenvalue weighted by Gasteiger charge is -2.15. The molecule has 0 saturated heterocycles. The molecule has 0 aliphatic carbocycles. The van der Waals surface area contributed by atoms with Crippen LogP contribution in [-0.2, 0) is 13.0 Å². The van der Waals surface area contributed by atoms with Crippen molar-refractivity contribution in [1.82, 2.24) is 9.55 Å². The van der Waals surface area contributed by atoms with Crippen molar-refractivity contribution in [3.05, 3.63) is 64.5 Å². The SMILES string of the molecule is O=[N+]([O-])c1cccc(OCC(O)Cn2c(CCCO)nc3ccccc32)c1. The Balaban J connectivity index is 1.71. The van der Waals surface area contributed by atoms with Crippen molar-refractivity contribution >= 4 is 16.7 Å². The van der Waals surface area contributed by atoms with Crippen molar-refractivity contribution in [2.75, 3.05) is 13.2 Å². The summed E-state index contributed by atoms with van der Waals surface area (Å²) in [6.07, 6.45) is 0.363. The summed E-state index contributed by atoms with van der Waals surface area (Å²) in [6, 6.07) is 13.5. The van der Waals surface area contributed by atoms with Gasteiger partial charge < -0.3 is 19.5 Å². The lowest BCUT2D eigenvalue weighted by atomic mass is 10.2. The number of aryl methyl sites for hydroxylation is 1. The predicted octanol–water partition coefficient (Wildman–Crippen LogP) is 2.31. The molecule has 1 heterocycles. The molecule has 0 aliphatic rings. The number of nitrogens with zero attached hydrogens (tertiary/aromatic N) is 3. The molecule has 2 N–H and O–H groups in total. The van der Waals surface area contributed by atoms with Crippen LogP contribution in [0.5, 0.6) is 5.75 Å². The molecular formula is C19H21N3O5. The summed E-state index contributed by atoms with van der Waals surface area (Å²) < 4.78 is 7.44. The minimum atomic E-state index is -0.824. The predicted molar refractivity (Wildman–Crippen MR) is 99.7 cm³/mol. The van der Waals surface area contributed by atoms with Crippen LogP contribution in [0.3, 0.4) is 0 Å². The third kappa shape index (κ3) is 4.60. The topological polar surface area (TPSA) is 111 Å². The van der Waals surface area contributed by atoms with Gasteiger partial charge in [-0.05, 0) is 24.6 Å². The number of hydrogen-bond donors (Lipinski definition) is 2. The van der Waals surface area contributed by atoms with Crippen LogP contribution in [0.25, 0.3) is 11.0 Å². The van der Waals surface area contributed by atoms with Crippen molar-refractivity contribution in [3.63, 3.8) is 0 Å². The summed E-state index contributed by atoms with van der Waals surface area (Å²) in [6.45, 7) is 0.338. The van der Waals surface area contributed by atoms with E-state index in [0.717, 1.165) is 16.9 Å². The van der Waals surface area contributed by atoms with E-state index in [4.69, 9.17) is 9.84 Å². The molecule has 0 fully saturated rings. The zero-order chi connectivity index (χ0) is 19.2. The number of para-hydroxylation sites is 2. The second-order valence-corrected chi connectivity index (χ2v) is 6.17. The highest BCUT2D eigenvalue weighted by molar-refractivity contribution is 5.75. The van der Waals surface area contributed by atoms with E-state index in [0.29, 0.717) is 18.6 Å². The van der Waals surface area contributed by atoms with Crippen LogP contribution in [0, 0.1) is 10.1 Å². The van der Waals surface area contributed by atoms with Crippen molar-refractivity contribution in [2.45, 2.75) is 25.5 Å². The lowest BCUT2D eigenvalue weighted by molar-refractivity contribution is -0.384. The Morgan fingerprint density at radius 1 is 1.22 bits per heavy atom. The van der Waals surface area contributed by atoms with Gasteiger partial charge in [-0.25, -0.2) is 4.98 Å². The number of benzene rings is 2. The molecule has 0 aliphatic heterocycles. The number of aliphatic hydroxyl groups excluding tert-OH is 2. The highest BCUT2D eigenvalue weighted by Crippen LogP contribution is 2.20. The van der Waals surface area contributed by atoms with Crippen LogP contribution in [0.2, 0.25) is 0 Å². The third-order valence-corrected chi connectivity index (χ3v) is 4.16. The first kappa shape index (κ1) is 18.8. The number of aliphatic hydroxyl groups is 2. The molecule has 3 aromatic rings. The molecule has 0 amide bonds. The van der Waals surface area contributed by atoms with Gasteiger partial charge in [-0.15, -0.1) is 0 Å². The average molecular weight is 371 g/mol. The van der Waals surface area contributed by atoms with Crippen molar-refractivity contribution in [2.24, 2.45) is 0 Å². The largest absolute Gasteiger partial charge is 0.491 e. The van der Waals surface area contributed by atoms with Crippen LogP contribution >= 0.6 is 0 Å². The van der Waals surface area contributed by atoms with Gasteiger partial charge in [-0.1, -0.05) is 18.2 Å². The fourth-order valence-electron chi connectivity index (χ4n) is 2.90. The number of non-ortho nitro benzene ring substituents is 1. The van der Waals surface area contributed by atoms with E-state index in [-0.39, 0.29) is 25.4 Å². The van der Waals surface area contributed by atoms with Gasteiger partial charge in [-0.3, -0.25) is 10.1 Å². The number of imidazole rings is 1. The zero-order valence-electron chi connectivity index (χ0n) is 14.7. The molecule has 1 atom stereocenters. The van der Waals surface area contributed by atoms with E-state index in [9.17, 15) is 15.2 Å². The molecule has 1 aromatic heterocycles. The smallest absolute Gasteiger partial charge is 0.273 e. The summed E-state index contributed by atoms with van der Waals surface area (Å²) in [5, 5.41) is 30.3. The maximum Gasteiger partial charge on any atom is 0.273 e. The molecule has 8 heteroatoms. The van der Waals surface area contributed by atoms with Gasteiger partial charge in [0, 0.05) is 19.1 Å². The van der Waals surface area contributed by atoms with Crippen LogP contribution in [-0.4, -0.2) is 44.0 Å². The summed E-state index contributed by atoms with van der Waals surface area (Å²) in [5.41, 5.74) is 1.67. The molecule has 1 unspecified atom stereocenters. The summed E-state index contributed by atoms with van der Waals surface area (Å²) in [7, 11) is 0. The Morgan fingerprint density at radius 3 is 2.81 bits per heavy atom. The van der Waals surface area contributed by atoms with Gasteiger partial charge in [0.05, 0.1) is 28.6 Å². The van der Waals surface area contributed by atoms with Crippen LogP contribution in [0.1, 0.15) is 12.2 Å². The van der Waals surface area contributed by atoms with Crippen LogP contribution in [0.4, 0.5) is 5.69 Å². The van der Waals surface area contributed by atoms with Crippen molar-refractivity contribution in [3.8, 4) is 5.75 Å². The molecular weight excluding hydrogens is 350 g/mol. The summed E-state index contributed by atoms with van der Waals surface area (Å²) in [4.78, 5) is 14.9. The molecule has 0 bridgehead atoms. The first-order valence-electron chi connectivity index (χ1n) is 8.69. The maximum absolute atomic E-state index is 10.8. The van der Waals surface area contributed by atoms with Gasteiger partial charge in [0.15, 0.2) is 0 Å². The van der Waals surface area contributed by atoms with E-state index in [2.05, 4.69) is 4.98 Å². The molecule has 8 nitrogen and oxygen atoms in total. The molecule has 0 saturated carbocycles. The Bertz CT molecular complexity index is 925. The summed E-state index contributed by atoms with van der Waals surface area (Å²) in [5.74, 6) is 1.12. The number of nitro groups is 1. The number of hydrogen-bond acceptors (Lipinski definition) is 6. The highest BCUT2D eigenvalue weighted by Gasteiger charge is 2.15. The van der Waals surface area contributed by atoms with E-state index in [1.807, 2.05) is 28.8 Å². The van der Waals surface area contributed by atoms with Crippen molar-refractivity contribution in [1.29, 1.82) is 0 Å². The van der Waals surface area contributed by atoms with Crippen molar-refractivity contribution < 1.29 is 19.9 Å². The van der Waals surface area contributed by atoms with E-state index >= 15 is 0 Å². The fraction of sp³-hybridized carbons (Fsp3) is 0.316. The Labute approximate surface area is 155 Å². The maximum atomic E-state index is 10.8. The zero-order valence-corrected chi connectivity index (χ0v) is 14.7. The fourth-order valence-corrected chi connectivity index (χ4v) is 2.90. The minimum absolute atomic E-state index is 0.00683. The monoisotopic (exact) mass is 371 g/mol. The van der Waals surface area contributed by atoms with Gasteiger partial charge in [-0.2, -0.15) is 0 Å². The van der Waals surface area contributed by atoms with Gasteiger partial charge in [0.25, 0.3) is 5.69 Å². The van der Waals surface area contributed by atoms with Gasteiger partial charge in [0.1, 0.15) is 24.3 Å². The molecule has 2 aromatic carbocycles. The van der Waals surface area contributed by atoms with Crippen LogP contribution < -0.4 is 4.74 Å². The Kier molecular flexibility index (Phi) is 6.00. The summed E-state index contributed by atoms with van der Waals surface area (Å²) >= 11 is 0. The minimum Gasteiger partial charge on any atom is -0.491 e. The molecule has 3 rings (SSSR count). The Morgan fingerprint density at radius 2 is 2.04 bits per heavy atom. The number of fused-ring (bicyclic) bond motifs is 1. The number of nitro benzene ring substituents is 1. The molecule has 0 spiro atoms. The van der Waals surface area contributed by atoms with Gasteiger partial charge in [0.2, 0.25) is 0 Å². The van der Waals surface area contributed by atoms with Crippen LogP contribution in [0.15, 0.2) is 48.5 Å². The number of ether oxygens (including phenoxy) is 1. The number of rotatable bonds is 9. The first-order chi connectivity index (χ1) is 13.1. The molecule has 27 heavy (non-hydrogen) atoms. The first-order valence-corrected chi connectivity index (χ1v) is 8.69. The standard InChI is InChI=1S/C19H21N3O5/c23-10-4-9-19-20-17-7-1-2-8-18(17)21(19)12-15(24)13-27-16-6-3-5-14(11-16)22(25)26/h1-3,5-8,11,15,23-24H,4,9-10,12-13H2. The lowest BCUT2D eigenvalue weighted by Crippen LogP contribution is -2.24. The van der Waals surface area contributed by atoms with E-state index < -0.39 is 11.0 Å². The second-order valence-electron chi connectivity index (χ2n) is 6.17. The average Bonchev–Trinajstić information content (AvgIpc) is 3.02. The molecule has 142 valence electrons. The Hall–Kier alpha value is -2.97. The van der Waals surface area contributed by atoms with E-state index in [1.165, 1.54) is 18.2 Å². The highest BCUT2D eigenvalue weighted by atomic mass is 16.6. The van der Waals surface area contributed by atoms with E-state index in [1.54, 1.807) is 6.07 Å². The number of aromatic nitrogens is 2. The third-order valence-electron chi connectivity index (χ3n) is 4.16.